The monoisotopic (exact) mass is 347 g/mol. The molecule has 2 N–H and O–H groups in total. The van der Waals surface area contributed by atoms with E-state index in [2.05, 4.69) is 20.6 Å². The van der Waals surface area contributed by atoms with Crippen LogP contribution in [-0.2, 0) is 11.3 Å². The van der Waals surface area contributed by atoms with Crippen LogP contribution in [-0.4, -0.2) is 56.5 Å². The van der Waals surface area contributed by atoms with E-state index in [1.807, 2.05) is 26.2 Å². The Labute approximate surface area is 149 Å². The number of aliphatic imine (C=N–C) groups is 1. The number of nitrogens with zero attached hydrogens (tertiary/aromatic N) is 3. The summed E-state index contributed by atoms with van der Waals surface area (Å²) in [7, 11) is 6.99. The van der Waals surface area contributed by atoms with Gasteiger partial charge in [-0.1, -0.05) is 12.8 Å². The van der Waals surface area contributed by atoms with E-state index in [-0.39, 0.29) is 11.3 Å². The normalized spacial score (nSPS) is 16.4. The first-order valence-electron chi connectivity index (χ1n) is 8.66. The van der Waals surface area contributed by atoms with Gasteiger partial charge in [0, 0.05) is 46.5 Å². The van der Waals surface area contributed by atoms with Gasteiger partial charge in [-0.05, 0) is 24.5 Å². The van der Waals surface area contributed by atoms with Gasteiger partial charge in [0.1, 0.15) is 0 Å². The molecule has 1 fully saturated rings. The predicted molar refractivity (Wildman–Crippen MR) is 98.6 cm³/mol. The molecule has 2 rings (SSSR count). The predicted octanol–water partition coefficient (Wildman–Crippen LogP) is 1.40. The van der Waals surface area contributed by atoms with Crippen molar-refractivity contribution >= 4 is 11.9 Å². The average molecular weight is 347 g/mol. The standard InChI is InChI=1S/C18H29N5O2/c1-19-17(21-12-14-7-10-20-15(11-14)25-4)22-13-18(8-5-6-9-18)16(24)23(2)3/h7,10-11H,5-6,8-9,12-13H2,1-4H3,(H2,19,21,22). The van der Waals surface area contributed by atoms with E-state index in [4.69, 9.17) is 4.74 Å². The minimum Gasteiger partial charge on any atom is -0.481 e. The summed E-state index contributed by atoms with van der Waals surface area (Å²) in [5.41, 5.74) is 0.732. The molecule has 0 spiro atoms. The van der Waals surface area contributed by atoms with E-state index in [0.717, 1.165) is 31.2 Å². The van der Waals surface area contributed by atoms with Gasteiger partial charge in [-0.3, -0.25) is 9.79 Å². The van der Waals surface area contributed by atoms with Crippen molar-refractivity contribution in [3.63, 3.8) is 0 Å². The Bertz CT molecular complexity index is 609. The van der Waals surface area contributed by atoms with Crippen LogP contribution in [0.2, 0.25) is 0 Å². The average Bonchev–Trinajstić information content (AvgIpc) is 3.11. The Morgan fingerprint density at radius 2 is 2.08 bits per heavy atom. The molecule has 0 radical (unpaired) electrons. The third-order valence-corrected chi connectivity index (χ3v) is 4.71. The number of hydrogen-bond acceptors (Lipinski definition) is 4. The van der Waals surface area contributed by atoms with Gasteiger partial charge in [0.05, 0.1) is 12.5 Å². The van der Waals surface area contributed by atoms with E-state index in [0.29, 0.717) is 24.9 Å². The molecule has 7 heteroatoms. The van der Waals surface area contributed by atoms with Gasteiger partial charge in [0.25, 0.3) is 0 Å². The molecular weight excluding hydrogens is 318 g/mol. The topological polar surface area (TPSA) is 78.9 Å². The summed E-state index contributed by atoms with van der Waals surface area (Å²) >= 11 is 0. The van der Waals surface area contributed by atoms with Crippen molar-refractivity contribution in [1.29, 1.82) is 0 Å². The summed E-state index contributed by atoms with van der Waals surface area (Å²) in [6.45, 7) is 1.20. The minimum atomic E-state index is -0.318. The lowest BCUT2D eigenvalue weighted by Crippen LogP contribution is -2.49. The smallest absolute Gasteiger partial charge is 0.230 e. The summed E-state index contributed by atoms with van der Waals surface area (Å²) in [5, 5.41) is 6.61. The molecule has 0 aromatic carbocycles. The first kappa shape index (κ1) is 19.0. The minimum absolute atomic E-state index is 0.201. The number of hydrogen-bond donors (Lipinski definition) is 2. The van der Waals surface area contributed by atoms with Crippen LogP contribution in [0.3, 0.4) is 0 Å². The first-order valence-corrected chi connectivity index (χ1v) is 8.66. The Kier molecular flexibility index (Phi) is 6.61. The summed E-state index contributed by atoms with van der Waals surface area (Å²) in [5.74, 6) is 1.48. The second-order valence-corrected chi connectivity index (χ2v) is 6.67. The fraction of sp³-hybridized carbons (Fsp3) is 0.611. The zero-order valence-corrected chi connectivity index (χ0v) is 15.6. The number of ether oxygens (including phenoxy) is 1. The zero-order chi connectivity index (χ0) is 18.3. The highest BCUT2D eigenvalue weighted by molar-refractivity contribution is 5.85. The highest BCUT2D eigenvalue weighted by Crippen LogP contribution is 2.38. The summed E-state index contributed by atoms with van der Waals surface area (Å²) in [4.78, 5) is 22.7. The molecule has 25 heavy (non-hydrogen) atoms. The van der Waals surface area contributed by atoms with Gasteiger partial charge in [-0.25, -0.2) is 4.98 Å². The van der Waals surface area contributed by atoms with Crippen molar-refractivity contribution in [3.8, 4) is 5.88 Å². The summed E-state index contributed by atoms with van der Waals surface area (Å²) in [6, 6.07) is 3.81. The van der Waals surface area contributed by atoms with Crippen LogP contribution < -0.4 is 15.4 Å². The number of rotatable bonds is 6. The van der Waals surface area contributed by atoms with Crippen LogP contribution in [0.15, 0.2) is 23.3 Å². The lowest BCUT2D eigenvalue weighted by Gasteiger charge is -2.31. The van der Waals surface area contributed by atoms with Gasteiger partial charge >= 0.3 is 0 Å². The Morgan fingerprint density at radius 3 is 2.68 bits per heavy atom. The summed E-state index contributed by atoms with van der Waals surface area (Å²) < 4.78 is 5.14. The number of methoxy groups -OCH3 is 1. The van der Waals surface area contributed by atoms with Gasteiger partial charge in [-0.2, -0.15) is 0 Å². The highest BCUT2D eigenvalue weighted by atomic mass is 16.5. The van der Waals surface area contributed by atoms with Crippen LogP contribution in [0.4, 0.5) is 0 Å². The second kappa shape index (κ2) is 8.69. The maximum atomic E-state index is 12.6. The zero-order valence-electron chi connectivity index (χ0n) is 15.6. The lowest BCUT2D eigenvalue weighted by molar-refractivity contribution is -0.138. The van der Waals surface area contributed by atoms with Crippen molar-refractivity contribution in [2.75, 3.05) is 34.8 Å². The van der Waals surface area contributed by atoms with E-state index in [1.165, 1.54) is 0 Å². The quantitative estimate of drug-likeness (QED) is 0.601. The van der Waals surface area contributed by atoms with Crippen molar-refractivity contribution in [1.82, 2.24) is 20.5 Å². The molecular formula is C18H29N5O2. The molecule has 1 aliphatic carbocycles. The Balaban J connectivity index is 1.94. The number of carbonyl (C=O) groups excluding carboxylic acids is 1. The molecule has 0 atom stereocenters. The van der Waals surface area contributed by atoms with Gasteiger partial charge in [0.15, 0.2) is 5.96 Å². The van der Waals surface area contributed by atoms with Crippen LogP contribution in [0.25, 0.3) is 0 Å². The van der Waals surface area contributed by atoms with Gasteiger partial charge in [0.2, 0.25) is 11.8 Å². The molecule has 0 aliphatic heterocycles. The molecule has 1 amide bonds. The number of nitrogens with one attached hydrogen (secondary N) is 2. The molecule has 1 heterocycles. The maximum Gasteiger partial charge on any atom is 0.230 e. The number of amides is 1. The number of pyridine rings is 1. The van der Waals surface area contributed by atoms with Gasteiger partial charge in [-0.15, -0.1) is 0 Å². The number of guanidine groups is 1. The van der Waals surface area contributed by atoms with Crippen molar-refractivity contribution in [2.45, 2.75) is 32.2 Å². The second-order valence-electron chi connectivity index (χ2n) is 6.67. The molecule has 0 saturated heterocycles. The fourth-order valence-corrected chi connectivity index (χ4v) is 3.32. The first-order chi connectivity index (χ1) is 12.0. The molecule has 138 valence electrons. The molecule has 7 nitrogen and oxygen atoms in total. The third kappa shape index (κ3) is 4.84. The summed E-state index contributed by atoms with van der Waals surface area (Å²) in [6.07, 6.45) is 5.77. The molecule has 1 aromatic rings. The van der Waals surface area contributed by atoms with Crippen LogP contribution in [0.1, 0.15) is 31.2 Å². The highest BCUT2D eigenvalue weighted by Gasteiger charge is 2.42. The number of aromatic nitrogens is 1. The van der Waals surface area contributed by atoms with E-state index in [9.17, 15) is 4.79 Å². The number of carbonyl (C=O) groups is 1. The van der Waals surface area contributed by atoms with Gasteiger partial charge < -0.3 is 20.3 Å². The van der Waals surface area contributed by atoms with Crippen molar-refractivity contribution in [2.24, 2.45) is 10.4 Å². The van der Waals surface area contributed by atoms with Crippen molar-refractivity contribution < 1.29 is 9.53 Å². The lowest BCUT2D eigenvalue weighted by atomic mass is 9.84. The third-order valence-electron chi connectivity index (χ3n) is 4.71. The van der Waals surface area contributed by atoms with Crippen molar-refractivity contribution in [3.05, 3.63) is 23.9 Å². The van der Waals surface area contributed by atoms with Crippen LogP contribution in [0.5, 0.6) is 5.88 Å². The van der Waals surface area contributed by atoms with E-state index >= 15 is 0 Å². The molecule has 0 bridgehead atoms. The Morgan fingerprint density at radius 1 is 1.36 bits per heavy atom. The molecule has 1 saturated carbocycles. The SMILES string of the molecule is CN=C(NCc1ccnc(OC)c1)NCC1(C(=O)N(C)C)CCCC1. The molecule has 1 aliphatic rings. The van der Waals surface area contributed by atoms with Crippen LogP contribution in [0, 0.1) is 5.41 Å². The Hall–Kier alpha value is -2.31. The molecule has 1 aromatic heterocycles. The van der Waals surface area contributed by atoms with Crippen LogP contribution >= 0.6 is 0 Å². The molecule has 0 unspecified atom stereocenters. The fourth-order valence-electron chi connectivity index (χ4n) is 3.32. The van der Waals surface area contributed by atoms with E-state index in [1.54, 1.807) is 25.3 Å². The van der Waals surface area contributed by atoms with E-state index < -0.39 is 0 Å². The largest absolute Gasteiger partial charge is 0.481 e. The maximum absolute atomic E-state index is 12.6.